The molecule has 2 rings (SSSR count). The Morgan fingerprint density at radius 2 is 2.00 bits per heavy atom. The van der Waals surface area contributed by atoms with E-state index in [0.717, 1.165) is 44.6 Å². The number of carbonyl (C=O) groups is 2. The molecule has 1 saturated heterocycles. The van der Waals surface area contributed by atoms with Crippen molar-refractivity contribution >= 4 is 11.8 Å². The summed E-state index contributed by atoms with van der Waals surface area (Å²) >= 11 is 0. The molecule has 1 fully saturated rings. The highest BCUT2D eigenvalue weighted by Gasteiger charge is 2.32. The van der Waals surface area contributed by atoms with Crippen LogP contribution in [-0.2, 0) is 4.79 Å². The van der Waals surface area contributed by atoms with Gasteiger partial charge in [0.15, 0.2) is 0 Å². The second kappa shape index (κ2) is 9.42. The van der Waals surface area contributed by atoms with Crippen molar-refractivity contribution in [3.63, 3.8) is 0 Å². The van der Waals surface area contributed by atoms with E-state index < -0.39 is 5.91 Å². The third-order valence-corrected chi connectivity index (χ3v) is 4.59. The maximum absolute atomic E-state index is 11.4. The Hall–Kier alpha value is -2.08. The van der Waals surface area contributed by atoms with Crippen molar-refractivity contribution in [3.05, 3.63) is 29.8 Å². The zero-order valence-corrected chi connectivity index (χ0v) is 15.2. The van der Waals surface area contributed by atoms with Gasteiger partial charge in [-0.2, -0.15) is 0 Å². The van der Waals surface area contributed by atoms with Crippen LogP contribution in [0.4, 0.5) is 0 Å². The second-order valence-corrected chi connectivity index (χ2v) is 6.71. The quantitative estimate of drug-likeness (QED) is 0.667. The lowest BCUT2D eigenvalue weighted by atomic mass is 9.98. The number of nitrogens with one attached hydrogen (secondary N) is 1. The molecule has 138 valence electrons. The normalized spacial score (nSPS) is 20.4. The van der Waals surface area contributed by atoms with Gasteiger partial charge in [-0.3, -0.25) is 9.59 Å². The summed E-state index contributed by atoms with van der Waals surface area (Å²) in [6.07, 6.45) is 3.20. The SMILES string of the molecule is CCC[C@H]1CN(CCCOc2ccc(C(N)=O)cc2)C[C@@H]1NC(C)=O. The van der Waals surface area contributed by atoms with Crippen molar-refractivity contribution in [2.45, 2.75) is 39.2 Å². The van der Waals surface area contributed by atoms with Crippen LogP contribution in [0.25, 0.3) is 0 Å². The number of rotatable bonds is 9. The van der Waals surface area contributed by atoms with Crippen LogP contribution in [-0.4, -0.2) is 49.0 Å². The average Bonchev–Trinajstić information content (AvgIpc) is 2.93. The predicted molar refractivity (Wildman–Crippen MR) is 97.5 cm³/mol. The summed E-state index contributed by atoms with van der Waals surface area (Å²) in [5, 5.41) is 3.09. The van der Waals surface area contributed by atoms with Crippen molar-refractivity contribution in [3.8, 4) is 5.75 Å². The van der Waals surface area contributed by atoms with E-state index in [1.165, 1.54) is 0 Å². The van der Waals surface area contributed by atoms with Crippen molar-refractivity contribution in [2.24, 2.45) is 11.7 Å². The maximum Gasteiger partial charge on any atom is 0.248 e. The molecule has 0 unspecified atom stereocenters. The molecular weight excluding hydrogens is 318 g/mol. The largest absolute Gasteiger partial charge is 0.494 e. The molecular formula is C19H29N3O3. The molecule has 0 aromatic heterocycles. The Labute approximate surface area is 149 Å². The standard InChI is InChI=1S/C19H29N3O3/c1-3-5-16-12-22(13-18(16)21-14(2)23)10-4-11-25-17-8-6-15(7-9-17)19(20)24/h6-9,16,18H,3-5,10-13H2,1-2H3,(H2,20,24)(H,21,23)/t16-,18-/m0/s1. The number of primary amides is 1. The second-order valence-electron chi connectivity index (χ2n) is 6.71. The minimum atomic E-state index is -0.434. The molecule has 0 bridgehead atoms. The molecule has 1 aliphatic heterocycles. The summed E-state index contributed by atoms with van der Waals surface area (Å²) in [6, 6.07) is 7.14. The summed E-state index contributed by atoms with van der Waals surface area (Å²) in [5.74, 6) is 0.897. The molecule has 1 heterocycles. The van der Waals surface area contributed by atoms with Crippen molar-refractivity contribution in [1.29, 1.82) is 0 Å². The first-order valence-electron chi connectivity index (χ1n) is 9.01. The first kappa shape index (κ1) is 19.2. The predicted octanol–water partition coefficient (Wildman–Crippen LogP) is 1.79. The number of likely N-dealkylation sites (tertiary alicyclic amines) is 1. The summed E-state index contributed by atoms with van der Waals surface area (Å²) in [5.41, 5.74) is 5.70. The first-order valence-corrected chi connectivity index (χ1v) is 9.01. The molecule has 1 aromatic carbocycles. The maximum atomic E-state index is 11.4. The molecule has 0 aliphatic carbocycles. The Morgan fingerprint density at radius 1 is 1.28 bits per heavy atom. The lowest BCUT2D eigenvalue weighted by Crippen LogP contribution is -2.39. The van der Waals surface area contributed by atoms with Gasteiger partial charge in [-0.05, 0) is 43.0 Å². The van der Waals surface area contributed by atoms with Crippen LogP contribution in [0.2, 0.25) is 0 Å². The van der Waals surface area contributed by atoms with Crippen LogP contribution in [0, 0.1) is 5.92 Å². The number of hydrogen-bond acceptors (Lipinski definition) is 4. The molecule has 0 spiro atoms. The molecule has 25 heavy (non-hydrogen) atoms. The van der Waals surface area contributed by atoms with Gasteiger partial charge in [-0.15, -0.1) is 0 Å². The third-order valence-electron chi connectivity index (χ3n) is 4.59. The van der Waals surface area contributed by atoms with Gasteiger partial charge in [-0.25, -0.2) is 0 Å². The average molecular weight is 347 g/mol. The first-order chi connectivity index (χ1) is 12.0. The van der Waals surface area contributed by atoms with E-state index in [1.807, 2.05) is 0 Å². The smallest absolute Gasteiger partial charge is 0.248 e. The van der Waals surface area contributed by atoms with Crippen LogP contribution < -0.4 is 15.8 Å². The number of benzene rings is 1. The molecule has 0 radical (unpaired) electrons. The molecule has 6 heteroatoms. The van der Waals surface area contributed by atoms with Gasteiger partial charge in [0.1, 0.15) is 5.75 Å². The van der Waals surface area contributed by atoms with Crippen molar-refractivity contribution in [1.82, 2.24) is 10.2 Å². The van der Waals surface area contributed by atoms with Crippen molar-refractivity contribution in [2.75, 3.05) is 26.2 Å². The van der Waals surface area contributed by atoms with E-state index in [2.05, 4.69) is 17.1 Å². The van der Waals surface area contributed by atoms with Gasteiger partial charge < -0.3 is 20.7 Å². The Morgan fingerprint density at radius 3 is 2.60 bits per heavy atom. The highest BCUT2D eigenvalue weighted by Crippen LogP contribution is 2.22. The molecule has 1 aromatic rings. The van der Waals surface area contributed by atoms with Gasteiger partial charge in [-0.1, -0.05) is 13.3 Å². The highest BCUT2D eigenvalue weighted by molar-refractivity contribution is 5.92. The van der Waals surface area contributed by atoms with E-state index in [1.54, 1.807) is 31.2 Å². The van der Waals surface area contributed by atoms with E-state index in [4.69, 9.17) is 10.5 Å². The molecule has 2 amide bonds. The Kier molecular flexibility index (Phi) is 7.25. The topological polar surface area (TPSA) is 84.7 Å². The lowest BCUT2D eigenvalue weighted by molar-refractivity contribution is -0.119. The van der Waals surface area contributed by atoms with Crippen LogP contribution in [0.1, 0.15) is 43.5 Å². The van der Waals surface area contributed by atoms with Gasteiger partial charge in [0.25, 0.3) is 0 Å². The molecule has 1 aliphatic rings. The third kappa shape index (κ3) is 6.05. The van der Waals surface area contributed by atoms with Crippen LogP contribution >= 0.6 is 0 Å². The minimum Gasteiger partial charge on any atom is -0.494 e. The van der Waals surface area contributed by atoms with E-state index >= 15 is 0 Å². The zero-order valence-electron chi connectivity index (χ0n) is 15.2. The summed E-state index contributed by atoms with van der Waals surface area (Å²) < 4.78 is 5.72. The number of nitrogens with zero attached hydrogens (tertiary/aromatic N) is 1. The number of amides is 2. The lowest BCUT2D eigenvalue weighted by Gasteiger charge is -2.18. The molecule has 6 nitrogen and oxygen atoms in total. The van der Waals surface area contributed by atoms with Gasteiger partial charge in [0.2, 0.25) is 11.8 Å². The van der Waals surface area contributed by atoms with Crippen LogP contribution in [0.3, 0.4) is 0 Å². The molecule has 0 saturated carbocycles. The van der Waals surface area contributed by atoms with Crippen LogP contribution in [0.15, 0.2) is 24.3 Å². The fourth-order valence-corrected chi connectivity index (χ4v) is 3.42. The zero-order chi connectivity index (χ0) is 18.2. The Bertz CT molecular complexity index is 574. The van der Waals surface area contributed by atoms with E-state index in [9.17, 15) is 9.59 Å². The van der Waals surface area contributed by atoms with Gasteiger partial charge in [0, 0.05) is 38.2 Å². The van der Waals surface area contributed by atoms with Gasteiger partial charge in [0.05, 0.1) is 6.61 Å². The highest BCUT2D eigenvalue weighted by atomic mass is 16.5. The minimum absolute atomic E-state index is 0.0516. The van der Waals surface area contributed by atoms with E-state index in [-0.39, 0.29) is 11.9 Å². The monoisotopic (exact) mass is 347 g/mol. The number of hydrogen-bond donors (Lipinski definition) is 2. The number of nitrogens with two attached hydrogens (primary N) is 1. The fourth-order valence-electron chi connectivity index (χ4n) is 3.42. The molecule has 3 N–H and O–H groups in total. The fraction of sp³-hybridized carbons (Fsp3) is 0.579. The van der Waals surface area contributed by atoms with Crippen LogP contribution in [0.5, 0.6) is 5.75 Å². The number of ether oxygens (including phenoxy) is 1. The summed E-state index contributed by atoms with van der Waals surface area (Å²) in [7, 11) is 0. The molecule has 2 atom stereocenters. The summed E-state index contributed by atoms with van der Waals surface area (Å²) in [6.45, 7) is 7.29. The van der Waals surface area contributed by atoms with E-state index in [0.29, 0.717) is 18.1 Å². The van der Waals surface area contributed by atoms with Crippen molar-refractivity contribution < 1.29 is 14.3 Å². The number of carbonyl (C=O) groups excluding carboxylic acids is 2. The Balaban J connectivity index is 1.72. The van der Waals surface area contributed by atoms with Gasteiger partial charge >= 0.3 is 0 Å². The summed E-state index contributed by atoms with van der Waals surface area (Å²) in [4.78, 5) is 24.8.